The van der Waals surface area contributed by atoms with E-state index in [1.807, 2.05) is 0 Å². The summed E-state index contributed by atoms with van der Waals surface area (Å²) in [6.45, 7) is 0. The molecule has 0 spiro atoms. The molecule has 1 fully saturated rings. The second-order valence-corrected chi connectivity index (χ2v) is 7.78. The largest absolute Gasteiger partial charge is 0.496 e. The number of thioether (sulfide) groups is 1. The van der Waals surface area contributed by atoms with Gasteiger partial charge in [0, 0.05) is 5.02 Å². The van der Waals surface area contributed by atoms with Crippen molar-refractivity contribution >= 4 is 29.3 Å². The van der Waals surface area contributed by atoms with Crippen LogP contribution in [0.3, 0.4) is 0 Å². The number of halogens is 1. The van der Waals surface area contributed by atoms with Gasteiger partial charge in [0.05, 0.1) is 24.5 Å². The van der Waals surface area contributed by atoms with Crippen molar-refractivity contribution in [3.05, 3.63) is 23.2 Å². The number of carbonyl (C=O) groups excluding carboxylic acids is 1. The average Bonchev–Trinajstić information content (AvgIpc) is 3.16. The first-order valence-corrected chi connectivity index (χ1v) is 10.0. The molecule has 3 rings (SSSR count). The fourth-order valence-corrected chi connectivity index (χ4v) is 3.92. The van der Waals surface area contributed by atoms with E-state index < -0.39 is 5.54 Å². The lowest BCUT2D eigenvalue weighted by molar-refractivity contribution is -0.120. The number of ether oxygens (including phenoxy) is 1. The number of hydrogen-bond donors (Lipinski definition) is 2. The molecule has 2 N–H and O–H groups in total. The zero-order chi connectivity index (χ0) is 19.3. The van der Waals surface area contributed by atoms with Gasteiger partial charge in [-0.1, -0.05) is 42.6 Å². The number of hydrogen-bond acceptors (Lipinski definition) is 6. The van der Waals surface area contributed by atoms with Crippen molar-refractivity contribution in [2.45, 2.75) is 42.8 Å². The molecule has 1 aliphatic carbocycles. The van der Waals surface area contributed by atoms with E-state index >= 15 is 0 Å². The second-order valence-electron chi connectivity index (χ2n) is 6.40. The Kier molecular flexibility index (Phi) is 6.24. The van der Waals surface area contributed by atoms with E-state index in [1.54, 1.807) is 25.3 Å². The van der Waals surface area contributed by atoms with Crippen LogP contribution in [0.5, 0.6) is 5.75 Å². The highest BCUT2D eigenvalue weighted by molar-refractivity contribution is 7.99. The number of amides is 1. The molecule has 1 heterocycles. The Morgan fingerprint density at radius 2 is 2.22 bits per heavy atom. The molecular formula is C18H20ClN5O2S. The van der Waals surface area contributed by atoms with Crippen LogP contribution in [-0.4, -0.2) is 39.5 Å². The third-order valence-corrected chi connectivity index (χ3v) is 5.60. The maximum atomic E-state index is 12.3. The maximum Gasteiger partial charge on any atom is 0.231 e. The van der Waals surface area contributed by atoms with Gasteiger partial charge in [0.1, 0.15) is 11.3 Å². The van der Waals surface area contributed by atoms with Gasteiger partial charge in [-0.2, -0.15) is 5.26 Å². The van der Waals surface area contributed by atoms with Crippen LogP contribution < -0.4 is 10.1 Å². The summed E-state index contributed by atoms with van der Waals surface area (Å²) in [7, 11) is 1.57. The zero-order valence-electron chi connectivity index (χ0n) is 14.9. The summed E-state index contributed by atoms with van der Waals surface area (Å²) in [5, 5.41) is 20.3. The number of benzene rings is 1. The third-order valence-electron chi connectivity index (χ3n) is 4.51. The molecule has 7 nitrogen and oxygen atoms in total. The van der Waals surface area contributed by atoms with E-state index in [-0.39, 0.29) is 11.7 Å². The normalized spacial score (nSPS) is 15.7. The summed E-state index contributed by atoms with van der Waals surface area (Å²) < 4.78 is 5.32. The van der Waals surface area contributed by atoms with Crippen LogP contribution in [0.4, 0.5) is 0 Å². The summed E-state index contributed by atoms with van der Waals surface area (Å²) in [4.78, 5) is 16.7. The minimum Gasteiger partial charge on any atom is -0.496 e. The predicted molar refractivity (Wildman–Crippen MR) is 104 cm³/mol. The van der Waals surface area contributed by atoms with Gasteiger partial charge in [0.15, 0.2) is 5.82 Å². The molecule has 1 saturated carbocycles. The molecule has 2 aromatic rings. The molecule has 9 heteroatoms. The van der Waals surface area contributed by atoms with Crippen LogP contribution in [0.25, 0.3) is 11.4 Å². The van der Waals surface area contributed by atoms with Gasteiger partial charge in [-0.15, -0.1) is 5.10 Å². The van der Waals surface area contributed by atoms with Crippen molar-refractivity contribution in [2.24, 2.45) is 0 Å². The molecule has 0 radical (unpaired) electrons. The number of aromatic amines is 1. The highest BCUT2D eigenvalue weighted by Crippen LogP contribution is 2.31. The first-order valence-electron chi connectivity index (χ1n) is 8.67. The minimum absolute atomic E-state index is 0.146. The van der Waals surface area contributed by atoms with E-state index in [0.29, 0.717) is 40.2 Å². The van der Waals surface area contributed by atoms with Crippen molar-refractivity contribution < 1.29 is 9.53 Å². The second kappa shape index (κ2) is 8.63. The molecule has 1 aromatic carbocycles. The molecular weight excluding hydrogens is 386 g/mol. The van der Waals surface area contributed by atoms with Gasteiger partial charge < -0.3 is 10.1 Å². The number of nitrogens with one attached hydrogen (secondary N) is 2. The fraction of sp³-hybridized carbons (Fsp3) is 0.444. The number of rotatable bonds is 6. The van der Waals surface area contributed by atoms with Crippen LogP contribution in [0.15, 0.2) is 23.4 Å². The Hall–Kier alpha value is -2.24. The molecule has 142 valence electrons. The average molecular weight is 406 g/mol. The lowest BCUT2D eigenvalue weighted by atomic mass is 9.83. The Morgan fingerprint density at radius 3 is 2.93 bits per heavy atom. The zero-order valence-corrected chi connectivity index (χ0v) is 16.5. The first-order chi connectivity index (χ1) is 13.0. The van der Waals surface area contributed by atoms with Gasteiger partial charge in [-0.3, -0.25) is 9.89 Å². The number of aromatic nitrogens is 3. The van der Waals surface area contributed by atoms with Gasteiger partial charge in [0.2, 0.25) is 11.1 Å². The molecule has 0 atom stereocenters. The van der Waals surface area contributed by atoms with Crippen molar-refractivity contribution in [1.29, 1.82) is 5.26 Å². The number of nitrogens with zero attached hydrogens (tertiary/aromatic N) is 3. The molecule has 1 aromatic heterocycles. The van der Waals surface area contributed by atoms with E-state index in [1.165, 1.54) is 11.8 Å². The van der Waals surface area contributed by atoms with Crippen LogP contribution in [0, 0.1) is 11.3 Å². The van der Waals surface area contributed by atoms with E-state index in [2.05, 4.69) is 26.6 Å². The van der Waals surface area contributed by atoms with Gasteiger partial charge in [0.25, 0.3) is 0 Å². The van der Waals surface area contributed by atoms with Crippen LogP contribution in [0.1, 0.15) is 32.1 Å². The van der Waals surface area contributed by atoms with Crippen molar-refractivity contribution in [1.82, 2.24) is 20.5 Å². The minimum atomic E-state index is -0.728. The molecule has 0 aliphatic heterocycles. The highest BCUT2D eigenvalue weighted by atomic mass is 35.5. The summed E-state index contributed by atoms with van der Waals surface area (Å²) in [5.41, 5.74) is -0.0340. The first kappa shape index (κ1) is 19.5. The summed E-state index contributed by atoms with van der Waals surface area (Å²) >= 11 is 7.26. The van der Waals surface area contributed by atoms with Crippen molar-refractivity contribution in [3.63, 3.8) is 0 Å². The van der Waals surface area contributed by atoms with Crippen molar-refractivity contribution in [2.75, 3.05) is 12.9 Å². The fourth-order valence-electron chi connectivity index (χ4n) is 3.15. The van der Waals surface area contributed by atoms with Gasteiger partial charge >= 0.3 is 0 Å². The number of H-pyrrole nitrogens is 1. The SMILES string of the molecule is COc1ccc(Cl)cc1-c1nc(SCC(=O)NC2(C#N)CCCCC2)n[nH]1. The van der Waals surface area contributed by atoms with Gasteiger partial charge in [-0.05, 0) is 31.0 Å². The Bertz CT molecular complexity index is 858. The number of carbonyl (C=O) groups is 1. The maximum absolute atomic E-state index is 12.3. The highest BCUT2D eigenvalue weighted by Gasteiger charge is 2.33. The Balaban J connectivity index is 1.62. The number of nitriles is 1. The Morgan fingerprint density at radius 1 is 1.44 bits per heavy atom. The van der Waals surface area contributed by atoms with E-state index in [0.717, 1.165) is 19.3 Å². The van der Waals surface area contributed by atoms with Crippen LogP contribution in [-0.2, 0) is 4.79 Å². The molecule has 1 amide bonds. The topological polar surface area (TPSA) is 104 Å². The monoisotopic (exact) mass is 405 g/mol. The molecule has 0 unspecified atom stereocenters. The smallest absolute Gasteiger partial charge is 0.231 e. The molecule has 1 aliphatic rings. The summed E-state index contributed by atoms with van der Waals surface area (Å²) in [6.07, 6.45) is 4.46. The molecule has 27 heavy (non-hydrogen) atoms. The summed E-state index contributed by atoms with van der Waals surface area (Å²) in [6, 6.07) is 7.51. The van der Waals surface area contributed by atoms with E-state index in [4.69, 9.17) is 16.3 Å². The molecule has 0 saturated heterocycles. The third kappa shape index (κ3) is 4.73. The lowest BCUT2D eigenvalue weighted by Crippen LogP contribution is -2.49. The standard InChI is InChI=1S/C18H20ClN5O2S/c1-26-14-6-5-12(19)9-13(14)16-21-17(24-23-16)27-10-15(25)22-18(11-20)7-3-2-4-8-18/h5-6,9H,2-4,7-8,10H2,1H3,(H,22,25)(H,21,23,24). The summed E-state index contributed by atoms with van der Waals surface area (Å²) in [5.74, 6) is 1.10. The van der Waals surface area contributed by atoms with Crippen molar-refractivity contribution in [3.8, 4) is 23.2 Å². The lowest BCUT2D eigenvalue weighted by Gasteiger charge is -2.31. The number of methoxy groups -OCH3 is 1. The van der Waals surface area contributed by atoms with Crippen LogP contribution in [0.2, 0.25) is 5.02 Å². The van der Waals surface area contributed by atoms with E-state index in [9.17, 15) is 10.1 Å². The van der Waals surface area contributed by atoms with Crippen LogP contribution >= 0.6 is 23.4 Å². The quantitative estimate of drug-likeness (QED) is 0.712. The van der Waals surface area contributed by atoms with Gasteiger partial charge in [-0.25, -0.2) is 4.98 Å². The Labute approximate surface area is 166 Å². The molecule has 0 bridgehead atoms. The predicted octanol–water partition coefficient (Wildman–Crippen LogP) is 3.57.